The smallest absolute Gasteiger partial charge is 0.0957 e. The number of nitrogens with zero attached hydrogens (tertiary/aromatic N) is 2. The number of aromatic nitrogens is 1. The number of aliphatic imine (C=N–C) groups is 1. The first-order valence-corrected chi connectivity index (χ1v) is 5.26. The third kappa shape index (κ3) is 1.63. The van der Waals surface area contributed by atoms with Crippen LogP contribution in [0.1, 0.15) is 18.3 Å². The number of fused-ring (bicyclic) bond motifs is 1. The lowest BCUT2D eigenvalue weighted by Crippen LogP contribution is -1.89. The van der Waals surface area contributed by atoms with Gasteiger partial charge >= 0.3 is 0 Å². The van der Waals surface area contributed by atoms with Crippen LogP contribution in [0.2, 0.25) is 0 Å². The number of aryl methyl sites for hydroxylation is 1. The summed E-state index contributed by atoms with van der Waals surface area (Å²) in [7, 11) is 0. The Morgan fingerprint density at radius 3 is 2.56 bits per heavy atom. The Balaban J connectivity index is 2.89. The molecule has 0 unspecified atom stereocenters. The van der Waals surface area contributed by atoms with E-state index in [9.17, 15) is 0 Å². The maximum absolute atomic E-state index is 4.54. The monoisotopic (exact) mass is 210 g/mol. The molecule has 0 saturated heterocycles. The van der Waals surface area contributed by atoms with Crippen molar-refractivity contribution in [3.8, 4) is 0 Å². The molecule has 1 aromatic heterocycles. The van der Waals surface area contributed by atoms with Crippen molar-refractivity contribution < 1.29 is 0 Å². The van der Waals surface area contributed by atoms with Crippen LogP contribution >= 0.6 is 0 Å². The van der Waals surface area contributed by atoms with Gasteiger partial charge in [-0.25, -0.2) is 0 Å². The summed E-state index contributed by atoms with van der Waals surface area (Å²) in [5.41, 5.74) is 2.77. The quantitative estimate of drug-likeness (QED) is 0.690. The molecule has 80 valence electrons. The molecule has 2 nitrogen and oxygen atoms in total. The summed E-state index contributed by atoms with van der Waals surface area (Å²) >= 11 is 0. The molecule has 0 saturated carbocycles. The first-order valence-electron chi connectivity index (χ1n) is 5.26. The van der Waals surface area contributed by atoms with Crippen LogP contribution in [0.3, 0.4) is 0 Å². The van der Waals surface area contributed by atoms with Crippen molar-refractivity contribution in [2.75, 3.05) is 0 Å². The summed E-state index contributed by atoms with van der Waals surface area (Å²) in [5.74, 6) is 0. The molecule has 0 fully saturated rings. The Morgan fingerprint density at radius 1 is 1.25 bits per heavy atom. The zero-order valence-corrected chi connectivity index (χ0v) is 9.57. The van der Waals surface area contributed by atoms with E-state index >= 15 is 0 Å². The number of pyridine rings is 1. The van der Waals surface area contributed by atoms with Crippen molar-refractivity contribution >= 4 is 29.3 Å². The number of benzene rings is 1. The summed E-state index contributed by atoms with van der Waals surface area (Å²) in [6.45, 7) is 7.62. The van der Waals surface area contributed by atoms with Crippen molar-refractivity contribution in [2.45, 2.75) is 13.8 Å². The van der Waals surface area contributed by atoms with E-state index in [1.807, 2.05) is 38.1 Å². The van der Waals surface area contributed by atoms with Crippen molar-refractivity contribution in [3.05, 3.63) is 41.7 Å². The van der Waals surface area contributed by atoms with Gasteiger partial charge in [0.05, 0.1) is 11.4 Å². The average Bonchev–Trinajstić information content (AvgIpc) is 2.30. The van der Waals surface area contributed by atoms with E-state index in [4.69, 9.17) is 0 Å². The molecule has 0 spiro atoms. The maximum Gasteiger partial charge on any atom is 0.0957 e. The van der Waals surface area contributed by atoms with Crippen molar-refractivity contribution in [2.24, 2.45) is 4.99 Å². The molecule has 0 radical (unpaired) electrons. The molecule has 0 aliphatic rings. The van der Waals surface area contributed by atoms with Crippen LogP contribution in [0, 0.1) is 6.92 Å². The number of rotatable bonds is 2. The molecule has 0 N–H and O–H groups in total. The van der Waals surface area contributed by atoms with Gasteiger partial charge in [0, 0.05) is 16.5 Å². The lowest BCUT2D eigenvalue weighted by atomic mass is 10.1. The van der Waals surface area contributed by atoms with E-state index in [1.165, 1.54) is 0 Å². The highest BCUT2D eigenvalue weighted by atomic mass is 14.8. The number of hydrogen-bond donors (Lipinski definition) is 0. The van der Waals surface area contributed by atoms with Gasteiger partial charge in [0.25, 0.3) is 0 Å². The SMILES string of the molecule is C=Nc1c(/C=C\C)nc(C)c2ccccc12. The van der Waals surface area contributed by atoms with E-state index in [-0.39, 0.29) is 0 Å². The van der Waals surface area contributed by atoms with Crippen LogP contribution in [0.15, 0.2) is 35.3 Å². The zero-order chi connectivity index (χ0) is 11.5. The van der Waals surface area contributed by atoms with Gasteiger partial charge in [-0.05, 0) is 26.6 Å². The summed E-state index contributed by atoms with van der Waals surface area (Å²) < 4.78 is 0. The Labute approximate surface area is 95.4 Å². The molecule has 2 aromatic rings. The highest BCUT2D eigenvalue weighted by molar-refractivity contribution is 5.97. The molecule has 0 bridgehead atoms. The minimum Gasteiger partial charge on any atom is -0.262 e. The van der Waals surface area contributed by atoms with Gasteiger partial charge in [0.1, 0.15) is 0 Å². The zero-order valence-electron chi connectivity index (χ0n) is 9.57. The molecule has 0 aliphatic carbocycles. The van der Waals surface area contributed by atoms with Crippen molar-refractivity contribution in [3.63, 3.8) is 0 Å². The minimum atomic E-state index is 0.860. The minimum absolute atomic E-state index is 0.860. The largest absolute Gasteiger partial charge is 0.262 e. The second-order valence-electron chi connectivity index (χ2n) is 3.63. The Kier molecular flexibility index (Phi) is 2.82. The normalized spacial score (nSPS) is 11.1. The molecule has 16 heavy (non-hydrogen) atoms. The predicted octanol–water partition coefficient (Wildman–Crippen LogP) is 3.91. The fourth-order valence-corrected chi connectivity index (χ4v) is 1.88. The molecule has 2 heteroatoms. The summed E-state index contributed by atoms with van der Waals surface area (Å²) in [6, 6.07) is 8.14. The lowest BCUT2D eigenvalue weighted by molar-refractivity contribution is 1.21. The molecular weight excluding hydrogens is 196 g/mol. The number of allylic oxidation sites excluding steroid dienone is 1. The van der Waals surface area contributed by atoms with Gasteiger partial charge < -0.3 is 0 Å². The third-order valence-electron chi connectivity index (χ3n) is 2.59. The number of hydrogen-bond acceptors (Lipinski definition) is 2. The molecule has 1 heterocycles. The van der Waals surface area contributed by atoms with Crippen LogP contribution < -0.4 is 0 Å². The topological polar surface area (TPSA) is 25.2 Å². The second-order valence-corrected chi connectivity index (χ2v) is 3.63. The van der Waals surface area contributed by atoms with Gasteiger partial charge in [-0.2, -0.15) is 0 Å². The Hall–Kier alpha value is -1.96. The molecule has 0 amide bonds. The molecule has 1 aromatic carbocycles. The molecule has 2 rings (SSSR count). The third-order valence-corrected chi connectivity index (χ3v) is 2.59. The average molecular weight is 210 g/mol. The fraction of sp³-hybridized carbons (Fsp3) is 0.143. The highest BCUT2D eigenvalue weighted by Gasteiger charge is 2.07. The van der Waals surface area contributed by atoms with E-state index < -0.39 is 0 Å². The van der Waals surface area contributed by atoms with Crippen LogP contribution in [0.4, 0.5) is 5.69 Å². The fourth-order valence-electron chi connectivity index (χ4n) is 1.88. The Bertz CT molecular complexity index is 568. The van der Waals surface area contributed by atoms with Gasteiger partial charge in [-0.1, -0.05) is 30.3 Å². The van der Waals surface area contributed by atoms with Crippen LogP contribution in [-0.4, -0.2) is 11.7 Å². The van der Waals surface area contributed by atoms with Crippen molar-refractivity contribution in [1.29, 1.82) is 0 Å². The van der Waals surface area contributed by atoms with E-state index in [0.29, 0.717) is 0 Å². The van der Waals surface area contributed by atoms with Crippen LogP contribution in [0.25, 0.3) is 16.8 Å². The standard InChI is InChI=1S/C14H14N2/c1-4-7-13-14(15-3)12-9-6-5-8-11(12)10(2)16-13/h4-9H,3H2,1-2H3/b7-4-. The molecular formula is C14H14N2. The highest BCUT2D eigenvalue weighted by Crippen LogP contribution is 2.30. The Morgan fingerprint density at radius 2 is 1.94 bits per heavy atom. The summed E-state index contributed by atoms with van der Waals surface area (Å²) in [6.07, 6.45) is 3.93. The van der Waals surface area contributed by atoms with E-state index in [0.717, 1.165) is 27.8 Å². The molecule has 0 aliphatic heterocycles. The van der Waals surface area contributed by atoms with Crippen LogP contribution in [-0.2, 0) is 0 Å². The summed E-state index contributed by atoms with van der Waals surface area (Å²) in [5, 5.41) is 2.25. The van der Waals surface area contributed by atoms with Gasteiger partial charge in [0.15, 0.2) is 0 Å². The van der Waals surface area contributed by atoms with Crippen LogP contribution in [0.5, 0.6) is 0 Å². The molecule has 0 atom stereocenters. The van der Waals surface area contributed by atoms with Gasteiger partial charge in [-0.15, -0.1) is 0 Å². The van der Waals surface area contributed by atoms with E-state index in [2.05, 4.69) is 28.8 Å². The van der Waals surface area contributed by atoms with Gasteiger partial charge in [0.2, 0.25) is 0 Å². The maximum atomic E-state index is 4.54. The van der Waals surface area contributed by atoms with E-state index in [1.54, 1.807) is 0 Å². The first kappa shape index (κ1) is 10.6. The lowest BCUT2D eigenvalue weighted by Gasteiger charge is -2.07. The predicted molar refractivity (Wildman–Crippen MR) is 70.4 cm³/mol. The van der Waals surface area contributed by atoms with Crippen molar-refractivity contribution in [1.82, 2.24) is 4.98 Å². The van der Waals surface area contributed by atoms with Gasteiger partial charge in [-0.3, -0.25) is 9.98 Å². The first-order chi connectivity index (χ1) is 7.77. The second kappa shape index (κ2) is 4.27. The summed E-state index contributed by atoms with van der Waals surface area (Å²) in [4.78, 5) is 8.64.